The van der Waals surface area contributed by atoms with Gasteiger partial charge in [-0.25, -0.2) is 0 Å². The van der Waals surface area contributed by atoms with Crippen LogP contribution in [0.1, 0.15) is 26.2 Å². The van der Waals surface area contributed by atoms with Crippen LogP contribution < -0.4 is 0 Å². The summed E-state index contributed by atoms with van der Waals surface area (Å²) in [6.45, 7) is 10.6. The summed E-state index contributed by atoms with van der Waals surface area (Å²) in [4.78, 5) is 0. The van der Waals surface area contributed by atoms with Crippen molar-refractivity contribution in [2.24, 2.45) is 5.41 Å². The Morgan fingerprint density at radius 2 is 2.00 bits per heavy atom. The molecule has 0 bridgehead atoms. The summed E-state index contributed by atoms with van der Waals surface area (Å²) in [5.41, 5.74) is 0.0256. The van der Waals surface area contributed by atoms with Crippen LogP contribution in [0.2, 0.25) is 0 Å². The van der Waals surface area contributed by atoms with Crippen LogP contribution in [0.4, 0.5) is 0 Å². The highest BCUT2D eigenvalue weighted by Crippen LogP contribution is 2.27. The maximum atomic E-state index is 5.28. The zero-order chi connectivity index (χ0) is 9.45. The topological polar surface area (TPSA) is 9.23 Å². The standard InChI is InChI=1S/C10H20OSi/c1-4-7-8-10(5-2,6-3)9-11-12/h5-6H,2-4,7-9H2,1,12H3. The molecule has 0 fully saturated rings. The fraction of sp³-hybridized carbons (Fsp3) is 0.600. The van der Waals surface area contributed by atoms with Crippen LogP contribution in [-0.2, 0) is 4.43 Å². The third-order valence-corrected chi connectivity index (χ3v) is 2.51. The normalized spacial score (nSPS) is 11.4. The van der Waals surface area contributed by atoms with Crippen molar-refractivity contribution in [2.45, 2.75) is 26.2 Å². The quantitative estimate of drug-likeness (QED) is 0.433. The minimum atomic E-state index is 0.0256. The van der Waals surface area contributed by atoms with E-state index < -0.39 is 0 Å². The SMILES string of the molecule is C=CC(C=C)(CCCC)CO[SiH3]. The molecule has 0 heterocycles. The highest BCUT2D eigenvalue weighted by atomic mass is 28.2. The Balaban J connectivity index is 4.13. The Labute approximate surface area is 79.1 Å². The molecule has 0 saturated carbocycles. The first-order valence-corrected chi connectivity index (χ1v) is 5.32. The van der Waals surface area contributed by atoms with Gasteiger partial charge in [-0.1, -0.05) is 31.9 Å². The Morgan fingerprint density at radius 3 is 2.33 bits per heavy atom. The summed E-state index contributed by atoms with van der Waals surface area (Å²) in [6.07, 6.45) is 7.47. The van der Waals surface area contributed by atoms with E-state index in [4.69, 9.17) is 4.43 Å². The molecule has 0 unspecified atom stereocenters. The molecule has 0 amide bonds. The minimum Gasteiger partial charge on any atom is -0.427 e. The van der Waals surface area contributed by atoms with E-state index in [9.17, 15) is 0 Å². The van der Waals surface area contributed by atoms with E-state index in [-0.39, 0.29) is 5.41 Å². The largest absolute Gasteiger partial charge is 0.427 e. The monoisotopic (exact) mass is 184 g/mol. The van der Waals surface area contributed by atoms with Gasteiger partial charge >= 0.3 is 0 Å². The van der Waals surface area contributed by atoms with Gasteiger partial charge in [0.2, 0.25) is 0 Å². The maximum Gasteiger partial charge on any atom is 0.146 e. The second-order valence-corrected chi connectivity index (χ2v) is 3.76. The van der Waals surface area contributed by atoms with Gasteiger partial charge in [-0.2, -0.15) is 0 Å². The van der Waals surface area contributed by atoms with Crippen LogP contribution in [0.5, 0.6) is 0 Å². The predicted octanol–water partition coefficient (Wildman–Crippen LogP) is 1.83. The molecule has 12 heavy (non-hydrogen) atoms. The van der Waals surface area contributed by atoms with Gasteiger partial charge in [0.25, 0.3) is 0 Å². The molecule has 70 valence electrons. The molecule has 0 spiro atoms. The molecule has 0 aliphatic rings. The van der Waals surface area contributed by atoms with Crippen molar-refractivity contribution in [1.29, 1.82) is 0 Å². The van der Waals surface area contributed by atoms with E-state index >= 15 is 0 Å². The summed E-state index contributed by atoms with van der Waals surface area (Å²) >= 11 is 0. The highest BCUT2D eigenvalue weighted by molar-refractivity contribution is 5.98. The van der Waals surface area contributed by atoms with E-state index in [1.165, 1.54) is 12.8 Å². The van der Waals surface area contributed by atoms with Gasteiger partial charge < -0.3 is 4.43 Å². The van der Waals surface area contributed by atoms with Gasteiger partial charge in [-0.15, -0.1) is 13.2 Å². The van der Waals surface area contributed by atoms with Gasteiger partial charge in [-0.3, -0.25) is 0 Å². The fourth-order valence-electron chi connectivity index (χ4n) is 1.25. The lowest BCUT2D eigenvalue weighted by Gasteiger charge is -2.25. The Bertz CT molecular complexity index is 135. The molecule has 1 nitrogen and oxygen atoms in total. The molecule has 0 radical (unpaired) electrons. The maximum absolute atomic E-state index is 5.28. The summed E-state index contributed by atoms with van der Waals surface area (Å²) in [7, 11) is 0.792. The molecule has 0 saturated heterocycles. The van der Waals surface area contributed by atoms with Gasteiger partial charge in [0, 0.05) is 12.0 Å². The number of unbranched alkanes of at least 4 members (excludes halogenated alkanes) is 1. The second-order valence-electron chi connectivity index (χ2n) is 3.18. The second kappa shape index (κ2) is 6.20. The van der Waals surface area contributed by atoms with Crippen LogP contribution in [0, 0.1) is 5.41 Å². The Hall–Kier alpha value is -0.343. The predicted molar refractivity (Wildman–Crippen MR) is 58.2 cm³/mol. The molecule has 0 atom stereocenters. The fourth-order valence-corrected chi connectivity index (χ4v) is 1.79. The Kier molecular flexibility index (Phi) is 6.03. The van der Waals surface area contributed by atoms with Crippen molar-refractivity contribution >= 4 is 10.5 Å². The van der Waals surface area contributed by atoms with Crippen LogP contribution in [0.25, 0.3) is 0 Å². The average Bonchev–Trinajstić information content (AvgIpc) is 2.13. The van der Waals surface area contributed by atoms with E-state index in [0.29, 0.717) is 0 Å². The number of hydrogen-bond acceptors (Lipinski definition) is 1. The van der Waals surface area contributed by atoms with Crippen LogP contribution in [-0.4, -0.2) is 17.1 Å². The zero-order valence-electron chi connectivity index (χ0n) is 8.31. The summed E-state index contributed by atoms with van der Waals surface area (Å²) in [5, 5.41) is 0. The molecule has 2 heteroatoms. The van der Waals surface area contributed by atoms with Crippen molar-refractivity contribution in [3.05, 3.63) is 25.3 Å². The summed E-state index contributed by atoms with van der Waals surface area (Å²) in [5.74, 6) is 0. The van der Waals surface area contributed by atoms with Gasteiger partial charge in [0.1, 0.15) is 10.5 Å². The lowest BCUT2D eigenvalue weighted by Crippen LogP contribution is -2.21. The molecule has 0 aliphatic heterocycles. The number of hydrogen-bond donors (Lipinski definition) is 0. The first-order chi connectivity index (χ1) is 5.74. The first kappa shape index (κ1) is 11.7. The number of rotatable bonds is 7. The van der Waals surface area contributed by atoms with Crippen LogP contribution in [0.3, 0.4) is 0 Å². The molecule has 0 aliphatic carbocycles. The van der Waals surface area contributed by atoms with E-state index in [1.807, 2.05) is 12.2 Å². The lowest BCUT2D eigenvalue weighted by molar-refractivity contribution is 0.233. The van der Waals surface area contributed by atoms with Gasteiger partial charge in [-0.05, 0) is 6.42 Å². The third kappa shape index (κ3) is 3.37. The van der Waals surface area contributed by atoms with Crippen molar-refractivity contribution in [3.63, 3.8) is 0 Å². The van der Waals surface area contributed by atoms with E-state index in [1.54, 1.807) is 0 Å². The van der Waals surface area contributed by atoms with Gasteiger partial charge in [0.15, 0.2) is 0 Å². The summed E-state index contributed by atoms with van der Waals surface area (Å²) < 4.78 is 5.28. The molecule has 0 rings (SSSR count). The van der Waals surface area contributed by atoms with E-state index in [0.717, 1.165) is 23.5 Å². The van der Waals surface area contributed by atoms with E-state index in [2.05, 4.69) is 20.1 Å². The highest BCUT2D eigenvalue weighted by Gasteiger charge is 2.20. The summed E-state index contributed by atoms with van der Waals surface area (Å²) in [6, 6.07) is 0. The third-order valence-electron chi connectivity index (χ3n) is 2.22. The van der Waals surface area contributed by atoms with Crippen LogP contribution in [0.15, 0.2) is 25.3 Å². The minimum absolute atomic E-state index is 0.0256. The van der Waals surface area contributed by atoms with Crippen molar-refractivity contribution in [3.8, 4) is 0 Å². The van der Waals surface area contributed by atoms with Crippen molar-refractivity contribution in [1.82, 2.24) is 0 Å². The first-order valence-electron chi connectivity index (χ1n) is 4.50. The molecule has 0 N–H and O–H groups in total. The van der Waals surface area contributed by atoms with Gasteiger partial charge in [0.05, 0.1) is 0 Å². The molecule has 0 aromatic rings. The molecule has 0 aromatic heterocycles. The van der Waals surface area contributed by atoms with Crippen LogP contribution >= 0.6 is 0 Å². The average molecular weight is 184 g/mol. The molecular weight excluding hydrogens is 164 g/mol. The van der Waals surface area contributed by atoms with Crippen molar-refractivity contribution in [2.75, 3.05) is 6.61 Å². The zero-order valence-corrected chi connectivity index (χ0v) is 10.3. The molecule has 0 aromatic carbocycles. The van der Waals surface area contributed by atoms with Crippen molar-refractivity contribution < 1.29 is 4.43 Å². The molecular formula is C10H20OSi. The Morgan fingerprint density at radius 1 is 1.42 bits per heavy atom. The lowest BCUT2D eigenvalue weighted by atomic mass is 9.84. The smallest absolute Gasteiger partial charge is 0.146 e.